The Morgan fingerprint density at radius 3 is 2.56 bits per heavy atom. The van der Waals surface area contributed by atoms with Crippen LogP contribution in [-0.4, -0.2) is 24.5 Å². The van der Waals surface area contributed by atoms with E-state index in [9.17, 15) is 0 Å². The lowest BCUT2D eigenvalue weighted by Crippen LogP contribution is -2.19. The molecule has 2 nitrogen and oxygen atoms in total. The third kappa shape index (κ3) is 3.10. The molecule has 0 bridgehead atoms. The number of nitrogens with zero attached hydrogens (tertiary/aromatic N) is 1. The number of nitrogens with two attached hydrogens (primary N) is 1. The Balaban J connectivity index is 1.95. The van der Waals surface area contributed by atoms with Gasteiger partial charge in [0.25, 0.3) is 0 Å². The van der Waals surface area contributed by atoms with Crippen LogP contribution in [0.5, 0.6) is 0 Å². The Morgan fingerprint density at radius 2 is 2.00 bits per heavy atom. The van der Waals surface area contributed by atoms with Gasteiger partial charge in [-0.2, -0.15) is 0 Å². The van der Waals surface area contributed by atoms with Crippen molar-refractivity contribution in [1.29, 1.82) is 0 Å². The van der Waals surface area contributed by atoms with E-state index in [2.05, 4.69) is 48.1 Å². The first-order chi connectivity index (χ1) is 7.79. The van der Waals surface area contributed by atoms with Crippen molar-refractivity contribution in [2.24, 2.45) is 5.73 Å². The van der Waals surface area contributed by atoms with Crippen molar-refractivity contribution in [3.63, 3.8) is 0 Å². The van der Waals surface area contributed by atoms with Gasteiger partial charge in [-0.25, -0.2) is 0 Å². The van der Waals surface area contributed by atoms with Crippen LogP contribution in [0, 0.1) is 11.8 Å². The van der Waals surface area contributed by atoms with E-state index in [1.165, 1.54) is 18.4 Å². The Labute approximate surface area is 97.4 Å². The Kier molecular flexibility index (Phi) is 3.61. The van der Waals surface area contributed by atoms with Crippen molar-refractivity contribution < 1.29 is 0 Å². The van der Waals surface area contributed by atoms with E-state index in [1.54, 1.807) is 0 Å². The van der Waals surface area contributed by atoms with Gasteiger partial charge in [0.2, 0.25) is 0 Å². The molecule has 1 aromatic rings. The first-order valence-corrected chi connectivity index (χ1v) is 5.77. The first-order valence-electron chi connectivity index (χ1n) is 5.77. The van der Waals surface area contributed by atoms with E-state index in [0.717, 1.165) is 18.2 Å². The normalized spacial score (nSPS) is 14.7. The van der Waals surface area contributed by atoms with Gasteiger partial charge in [0.1, 0.15) is 0 Å². The molecule has 0 radical (unpaired) electrons. The molecular formula is C14H18N2. The minimum absolute atomic E-state index is 0.423. The highest BCUT2D eigenvalue weighted by molar-refractivity contribution is 5.36. The van der Waals surface area contributed by atoms with Crippen LogP contribution in [0.25, 0.3) is 0 Å². The van der Waals surface area contributed by atoms with Crippen molar-refractivity contribution in [3.05, 3.63) is 35.4 Å². The molecule has 84 valence electrons. The molecule has 0 atom stereocenters. The molecule has 1 saturated carbocycles. The topological polar surface area (TPSA) is 29.3 Å². The quantitative estimate of drug-likeness (QED) is 0.774. The van der Waals surface area contributed by atoms with E-state index in [1.807, 2.05) is 0 Å². The zero-order chi connectivity index (χ0) is 11.4. The van der Waals surface area contributed by atoms with Crippen LogP contribution >= 0.6 is 0 Å². The van der Waals surface area contributed by atoms with Gasteiger partial charge in [-0.3, -0.25) is 4.90 Å². The third-order valence-electron chi connectivity index (χ3n) is 2.89. The Hall–Kier alpha value is -1.30. The summed E-state index contributed by atoms with van der Waals surface area (Å²) >= 11 is 0. The van der Waals surface area contributed by atoms with Gasteiger partial charge in [0, 0.05) is 18.2 Å². The lowest BCUT2D eigenvalue weighted by atomic mass is 10.1. The van der Waals surface area contributed by atoms with E-state index in [0.29, 0.717) is 6.54 Å². The zero-order valence-electron chi connectivity index (χ0n) is 9.74. The second-order valence-corrected chi connectivity index (χ2v) is 4.35. The molecule has 0 amide bonds. The molecule has 0 aliphatic heterocycles. The van der Waals surface area contributed by atoms with E-state index >= 15 is 0 Å². The monoisotopic (exact) mass is 214 g/mol. The van der Waals surface area contributed by atoms with Crippen molar-refractivity contribution in [1.82, 2.24) is 4.90 Å². The van der Waals surface area contributed by atoms with Gasteiger partial charge in [-0.05, 0) is 37.6 Å². The molecule has 1 aliphatic carbocycles. The summed E-state index contributed by atoms with van der Waals surface area (Å²) in [7, 11) is 2.19. The van der Waals surface area contributed by atoms with Gasteiger partial charge in [-0.1, -0.05) is 24.0 Å². The third-order valence-corrected chi connectivity index (χ3v) is 2.89. The molecular weight excluding hydrogens is 196 g/mol. The fraction of sp³-hybridized carbons (Fsp3) is 0.429. The second-order valence-electron chi connectivity index (χ2n) is 4.35. The molecule has 2 N–H and O–H groups in total. The molecule has 0 saturated heterocycles. The maximum absolute atomic E-state index is 5.33. The Bertz CT molecular complexity index is 393. The lowest BCUT2D eigenvalue weighted by molar-refractivity contribution is 0.316. The smallest absolute Gasteiger partial charge is 0.0555 e. The van der Waals surface area contributed by atoms with Crippen LogP contribution in [0.1, 0.15) is 24.0 Å². The van der Waals surface area contributed by atoms with Crippen LogP contribution in [0.3, 0.4) is 0 Å². The SMILES string of the molecule is CN(Cc1ccc(C#CCN)cc1)C1CC1. The zero-order valence-corrected chi connectivity index (χ0v) is 9.74. The Morgan fingerprint density at radius 1 is 1.31 bits per heavy atom. The maximum atomic E-state index is 5.33. The predicted octanol–water partition coefficient (Wildman–Crippen LogP) is 1.59. The average Bonchev–Trinajstić information content (AvgIpc) is 3.12. The van der Waals surface area contributed by atoms with Crippen molar-refractivity contribution in [3.8, 4) is 11.8 Å². The fourth-order valence-electron chi connectivity index (χ4n) is 1.78. The maximum Gasteiger partial charge on any atom is 0.0555 e. The highest BCUT2D eigenvalue weighted by atomic mass is 15.1. The molecule has 0 unspecified atom stereocenters. The molecule has 1 aliphatic rings. The average molecular weight is 214 g/mol. The second kappa shape index (κ2) is 5.16. The van der Waals surface area contributed by atoms with Crippen LogP contribution in [-0.2, 0) is 6.54 Å². The fourth-order valence-corrected chi connectivity index (χ4v) is 1.78. The summed E-state index contributed by atoms with van der Waals surface area (Å²) in [5, 5.41) is 0. The molecule has 1 aromatic carbocycles. The van der Waals surface area contributed by atoms with Crippen LogP contribution < -0.4 is 5.73 Å². The highest BCUT2D eigenvalue weighted by Crippen LogP contribution is 2.26. The molecule has 0 spiro atoms. The molecule has 2 heteroatoms. The number of benzene rings is 1. The summed E-state index contributed by atoms with van der Waals surface area (Å²) in [6.07, 6.45) is 2.72. The molecule has 0 aromatic heterocycles. The molecule has 0 heterocycles. The van der Waals surface area contributed by atoms with Crippen LogP contribution in [0.2, 0.25) is 0 Å². The minimum Gasteiger partial charge on any atom is -0.320 e. The van der Waals surface area contributed by atoms with Gasteiger partial charge in [-0.15, -0.1) is 0 Å². The van der Waals surface area contributed by atoms with Crippen molar-refractivity contribution in [2.45, 2.75) is 25.4 Å². The summed E-state index contributed by atoms with van der Waals surface area (Å²) in [4.78, 5) is 2.42. The van der Waals surface area contributed by atoms with Crippen molar-refractivity contribution >= 4 is 0 Å². The summed E-state index contributed by atoms with van der Waals surface area (Å²) in [5.74, 6) is 5.89. The molecule has 2 rings (SSSR count). The number of hydrogen-bond donors (Lipinski definition) is 1. The predicted molar refractivity (Wildman–Crippen MR) is 66.9 cm³/mol. The first kappa shape index (κ1) is 11.2. The van der Waals surface area contributed by atoms with Gasteiger partial charge < -0.3 is 5.73 Å². The van der Waals surface area contributed by atoms with Gasteiger partial charge in [0.05, 0.1) is 6.54 Å². The summed E-state index contributed by atoms with van der Waals surface area (Å²) < 4.78 is 0. The molecule has 16 heavy (non-hydrogen) atoms. The van der Waals surface area contributed by atoms with Gasteiger partial charge in [0.15, 0.2) is 0 Å². The summed E-state index contributed by atoms with van der Waals surface area (Å²) in [6, 6.07) is 9.26. The number of rotatable bonds is 3. The lowest BCUT2D eigenvalue weighted by Gasteiger charge is -2.15. The van der Waals surface area contributed by atoms with Crippen LogP contribution in [0.4, 0.5) is 0 Å². The highest BCUT2D eigenvalue weighted by Gasteiger charge is 2.25. The molecule has 1 fully saturated rings. The van der Waals surface area contributed by atoms with Gasteiger partial charge >= 0.3 is 0 Å². The summed E-state index contributed by atoms with van der Waals surface area (Å²) in [6.45, 7) is 1.46. The minimum atomic E-state index is 0.423. The summed E-state index contributed by atoms with van der Waals surface area (Å²) in [5.41, 5.74) is 7.73. The van der Waals surface area contributed by atoms with E-state index in [-0.39, 0.29) is 0 Å². The van der Waals surface area contributed by atoms with E-state index < -0.39 is 0 Å². The number of hydrogen-bond acceptors (Lipinski definition) is 2. The van der Waals surface area contributed by atoms with Crippen LogP contribution in [0.15, 0.2) is 24.3 Å². The van der Waals surface area contributed by atoms with Crippen molar-refractivity contribution in [2.75, 3.05) is 13.6 Å². The van der Waals surface area contributed by atoms with E-state index in [4.69, 9.17) is 5.73 Å². The largest absolute Gasteiger partial charge is 0.320 e. The standard InChI is InChI=1S/C14H18N2/c1-16(14-8-9-14)11-13-6-4-12(5-7-13)3-2-10-15/h4-7,14H,8-11,15H2,1H3.